The average molecular weight is 459 g/mol. The summed E-state index contributed by atoms with van der Waals surface area (Å²) in [6, 6.07) is 8.17. The van der Waals surface area contributed by atoms with E-state index in [9.17, 15) is 8.78 Å². The minimum absolute atomic E-state index is 0.126. The van der Waals surface area contributed by atoms with Gasteiger partial charge in [0, 0.05) is 33.5 Å². The SMILES string of the molecule is FC(F)n1cc(-c2n[nH]c3ccc(NC4CCCc5cc(Br)cnc54)cc23)cn1. The Morgan fingerprint density at radius 2 is 2.14 bits per heavy atom. The highest BCUT2D eigenvalue weighted by atomic mass is 79.9. The molecule has 1 unspecified atom stereocenters. The number of fused-ring (bicyclic) bond motifs is 2. The van der Waals surface area contributed by atoms with Crippen LogP contribution < -0.4 is 5.32 Å². The summed E-state index contributed by atoms with van der Waals surface area (Å²) in [4.78, 5) is 4.62. The predicted molar refractivity (Wildman–Crippen MR) is 110 cm³/mol. The summed E-state index contributed by atoms with van der Waals surface area (Å²) in [6.45, 7) is -2.68. The molecule has 3 heterocycles. The van der Waals surface area contributed by atoms with Crippen LogP contribution in [0.15, 0.2) is 47.3 Å². The standard InChI is InChI=1S/C20H17BrF2N6/c21-13-6-11-2-1-3-17(19(11)24-9-13)26-14-4-5-16-15(7-14)18(28-27-16)12-8-25-29(10-12)20(22)23/h4-10,17,20,26H,1-3H2,(H,27,28). The molecule has 4 aromatic rings. The fourth-order valence-electron chi connectivity index (χ4n) is 3.87. The molecule has 0 fully saturated rings. The van der Waals surface area contributed by atoms with Gasteiger partial charge in [0.05, 0.1) is 23.4 Å². The van der Waals surface area contributed by atoms with E-state index >= 15 is 0 Å². The van der Waals surface area contributed by atoms with Crippen LogP contribution in [0.5, 0.6) is 0 Å². The number of nitrogens with one attached hydrogen (secondary N) is 2. The smallest absolute Gasteiger partial charge is 0.333 e. The molecule has 0 bridgehead atoms. The monoisotopic (exact) mass is 458 g/mol. The van der Waals surface area contributed by atoms with Gasteiger partial charge in [-0.15, -0.1) is 0 Å². The first-order valence-corrected chi connectivity index (χ1v) is 10.1. The third-order valence-electron chi connectivity index (χ3n) is 5.22. The number of rotatable bonds is 4. The van der Waals surface area contributed by atoms with Crippen LogP contribution in [0.25, 0.3) is 22.2 Å². The van der Waals surface area contributed by atoms with E-state index in [0.29, 0.717) is 15.9 Å². The van der Waals surface area contributed by atoms with E-state index in [1.807, 2.05) is 24.4 Å². The zero-order valence-electron chi connectivity index (χ0n) is 15.2. The molecule has 3 aromatic heterocycles. The molecule has 148 valence electrons. The van der Waals surface area contributed by atoms with Gasteiger partial charge >= 0.3 is 6.55 Å². The van der Waals surface area contributed by atoms with E-state index in [1.54, 1.807) is 0 Å². The third kappa shape index (κ3) is 3.39. The molecule has 1 aliphatic carbocycles. The van der Waals surface area contributed by atoms with Gasteiger partial charge in [0.1, 0.15) is 5.69 Å². The number of H-pyrrole nitrogens is 1. The van der Waals surface area contributed by atoms with Gasteiger partial charge in [0.15, 0.2) is 0 Å². The number of hydrogen-bond donors (Lipinski definition) is 2. The van der Waals surface area contributed by atoms with Crippen molar-refractivity contribution < 1.29 is 8.78 Å². The zero-order chi connectivity index (χ0) is 20.0. The Balaban J connectivity index is 1.48. The van der Waals surface area contributed by atoms with Crippen LogP contribution in [-0.4, -0.2) is 25.0 Å². The Labute approximate surface area is 173 Å². The van der Waals surface area contributed by atoms with Crippen LogP contribution >= 0.6 is 15.9 Å². The minimum atomic E-state index is -2.68. The van der Waals surface area contributed by atoms with Crippen molar-refractivity contribution in [2.45, 2.75) is 31.9 Å². The molecule has 1 atom stereocenters. The largest absolute Gasteiger partial charge is 0.377 e. The van der Waals surface area contributed by atoms with Gasteiger partial charge in [-0.05, 0) is 65.0 Å². The van der Waals surface area contributed by atoms with E-state index in [0.717, 1.165) is 46.0 Å². The number of anilines is 1. The van der Waals surface area contributed by atoms with Gasteiger partial charge in [-0.3, -0.25) is 10.1 Å². The van der Waals surface area contributed by atoms with Crippen LogP contribution in [0, 0.1) is 0 Å². The molecule has 0 spiro atoms. The quantitative estimate of drug-likeness (QED) is 0.425. The second kappa shape index (κ2) is 7.22. The molecule has 0 aliphatic heterocycles. The predicted octanol–water partition coefficient (Wildman–Crippen LogP) is 5.47. The van der Waals surface area contributed by atoms with Gasteiger partial charge in [-0.25, -0.2) is 4.68 Å². The highest BCUT2D eigenvalue weighted by molar-refractivity contribution is 9.10. The number of benzene rings is 1. The Morgan fingerprint density at radius 1 is 1.24 bits per heavy atom. The maximum atomic E-state index is 12.9. The minimum Gasteiger partial charge on any atom is -0.377 e. The van der Waals surface area contributed by atoms with Crippen LogP contribution in [0.1, 0.15) is 36.7 Å². The lowest BCUT2D eigenvalue weighted by molar-refractivity contribution is 0.0566. The number of aromatic nitrogens is 5. The Morgan fingerprint density at radius 3 is 2.97 bits per heavy atom. The Kier molecular flexibility index (Phi) is 4.54. The van der Waals surface area contributed by atoms with Crippen LogP contribution in [0.3, 0.4) is 0 Å². The van der Waals surface area contributed by atoms with Crippen LogP contribution in [0.2, 0.25) is 0 Å². The highest BCUT2D eigenvalue weighted by Crippen LogP contribution is 2.34. The van der Waals surface area contributed by atoms with Crippen molar-refractivity contribution in [1.82, 2.24) is 25.0 Å². The summed E-state index contributed by atoms with van der Waals surface area (Å²) in [7, 11) is 0. The lowest BCUT2D eigenvalue weighted by atomic mass is 9.91. The van der Waals surface area contributed by atoms with Crippen LogP contribution in [-0.2, 0) is 6.42 Å². The molecular formula is C20H17BrF2N6. The fourth-order valence-corrected chi connectivity index (χ4v) is 4.25. The van der Waals surface area contributed by atoms with E-state index in [4.69, 9.17) is 0 Å². The van der Waals surface area contributed by atoms with E-state index in [-0.39, 0.29) is 6.04 Å². The van der Waals surface area contributed by atoms with Gasteiger partial charge in [-0.2, -0.15) is 19.0 Å². The lowest BCUT2D eigenvalue weighted by Crippen LogP contribution is -2.19. The number of aromatic amines is 1. The molecule has 2 N–H and O–H groups in total. The normalized spacial score (nSPS) is 16.3. The van der Waals surface area contributed by atoms with Gasteiger partial charge < -0.3 is 5.32 Å². The number of hydrogen-bond acceptors (Lipinski definition) is 4. The van der Waals surface area contributed by atoms with Crippen molar-refractivity contribution in [3.05, 3.63) is 58.6 Å². The molecule has 9 heteroatoms. The van der Waals surface area contributed by atoms with Crippen molar-refractivity contribution in [2.24, 2.45) is 0 Å². The van der Waals surface area contributed by atoms with Crippen molar-refractivity contribution in [1.29, 1.82) is 0 Å². The van der Waals surface area contributed by atoms with E-state index in [2.05, 4.69) is 47.6 Å². The lowest BCUT2D eigenvalue weighted by Gasteiger charge is -2.26. The topological polar surface area (TPSA) is 71.4 Å². The first-order valence-electron chi connectivity index (χ1n) is 9.30. The molecule has 5 rings (SSSR count). The fraction of sp³-hybridized carbons (Fsp3) is 0.250. The van der Waals surface area contributed by atoms with Gasteiger partial charge in [-0.1, -0.05) is 0 Å². The van der Waals surface area contributed by atoms with Crippen molar-refractivity contribution in [3.8, 4) is 11.3 Å². The molecule has 1 aromatic carbocycles. The second-order valence-corrected chi connectivity index (χ2v) is 8.02. The first-order chi connectivity index (χ1) is 14.1. The first kappa shape index (κ1) is 18.2. The molecular weight excluding hydrogens is 442 g/mol. The Bertz CT molecular complexity index is 1180. The maximum absolute atomic E-state index is 12.9. The van der Waals surface area contributed by atoms with Gasteiger partial charge in [0.25, 0.3) is 0 Å². The molecule has 1 aliphatic rings. The highest BCUT2D eigenvalue weighted by Gasteiger charge is 2.22. The van der Waals surface area contributed by atoms with Crippen molar-refractivity contribution in [3.63, 3.8) is 0 Å². The molecule has 0 saturated heterocycles. The summed E-state index contributed by atoms with van der Waals surface area (Å²) < 4.78 is 27.3. The number of pyridine rings is 1. The summed E-state index contributed by atoms with van der Waals surface area (Å²) in [5.74, 6) is 0. The van der Waals surface area contributed by atoms with Crippen molar-refractivity contribution >= 4 is 32.5 Å². The van der Waals surface area contributed by atoms with E-state index < -0.39 is 6.55 Å². The molecule has 6 nitrogen and oxygen atoms in total. The number of aryl methyl sites for hydroxylation is 1. The average Bonchev–Trinajstić information content (AvgIpc) is 3.34. The molecule has 0 saturated carbocycles. The zero-order valence-corrected chi connectivity index (χ0v) is 16.8. The maximum Gasteiger partial charge on any atom is 0.333 e. The molecule has 0 amide bonds. The molecule has 29 heavy (non-hydrogen) atoms. The van der Waals surface area contributed by atoms with Gasteiger partial charge in [0.2, 0.25) is 0 Å². The Hall–Kier alpha value is -2.81. The van der Waals surface area contributed by atoms with Crippen molar-refractivity contribution in [2.75, 3.05) is 5.32 Å². The third-order valence-corrected chi connectivity index (χ3v) is 5.65. The number of halogens is 3. The summed E-state index contributed by atoms with van der Waals surface area (Å²) in [6.07, 6.45) is 7.66. The second-order valence-electron chi connectivity index (χ2n) is 7.11. The summed E-state index contributed by atoms with van der Waals surface area (Å²) in [5.41, 5.74) is 5.24. The number of nitrogens with zero attached hydrogens (tertiary/aromatic N) is 4. The molecule has 0 radical (unpaired) electrons. The summed E-state index contributed by atoms with van der Waals surface area (Å²) in [5, 5.41) is 15.4. The van der Waals surface area contributed by atoms with E-state index in [1.165, 1.54) is 18.0 Å². The summed E-state index contributed by atoms with van der Waals surface area (Å²) >= 11 is 3.49. The van der Waals surface area contributed by atoms with Crippen LogP contribution in [0.4, 0.5) is 14.5 Å². The number of alkyl halides is 2.